The van der Waals surface area contributed by atoms with Crippen LogP contribution in [0.3, 0.4) is 0 Å². The number of allylic oxidation sites excluding steroid dienone is 16. The number of phosphoric ester groups is 1. The highest BCUT2D eigenvalue weighted by atomic mass is 31.2. The van der Waals surface area contributed by atoms with Crippen LogP contribution in [0.15, 0.2) is 97.2 Å². The lowest BCUT2D eigenvalue weighted by atomic mass is 10.0. The molecule has 402 valence electrons. The number of carbonyl (C=O) groups excluding carboxylic acids is 2. The number of phosphoric acid groups is 1. The minimum Gasteiger partial charge on any atom is -0.756 e. The van der Waals surface area contributed by atoms with Crippen molar-refractivity contribution in [3.63, 3.8) is 0 Å². The molecule has 0 fully saturated rings. The van der Waals surface area contributed by atoms with Gasteiger partial charge < -0.3 is 27.9 Å². The van der Waals surface area contributed by atoms with Gasteiger partial charge >= 0.3 is 11.9 Å². The number of rotatable bonds is 50. The van der Waals surface area contributed by atoms with Gasteiger partial charge in [0.2, 0.25) is 0 Å². The predicted molar refractivity (Wildman–Crippen MR) is 295 cm³/mol. The Bertz CT molecular complexity index is 1500. The molecule has 10 heteroatoms. The van der Waals surface area contributed by atoms with Crippen molar-refractivity contribution < 1.29 is 42.1 Å². The number of esters is 2. The van der Waals surface area contributed by atoms with Gasteiger partial charge in [0, 0.05) is 12.8 Å². The summed E-state index contributed by atoms with van der Waals surface area (Å²) < 4.78 is 34.0. The van der Waals surface area contributed by atoms with Gasteiger partial charge in [0.25, 0.3) is 7.82 Å². The van der Waals surface area contributed by atoms with Gasteiger partial charge in [-0.3, -0.25) is 14.2 Å². The molecular formula is C60H104NO8P. The standard InChI is InChI=1S/C60H104NO8P/c1-6-8-10-12-14-16-18-20-22-24-26-28-30-32-34-36-38-40-42-44-46-48-50-52-59(62)66-56-58(57-68-70(64,65)67-55-54-61(3,4)5)69-60(63)53-51-49-47-45-43-41-39-37-35-33-31-29-27-25-23-21-19-17-15-13-11-9-7-2/h9,11,15,17,21,23-24,26-27,29,33,35,39,41,45,47,58H,6-8,10,12-14,16,18-20,22,25,28,30-32,34,36-38,40,42-44,46,48-57H2,1-5H3/b11-9-,17-15-,23-21-,26-24-,29-27-,35-33-,41-39-,47-45-. The van der Waals surface area contributed by atoms with Gasteiger partial charge in [-0.25, -0.2) is 0 Å². The fraction of sp³-hybridized carbons (Fsp3) is 0.700. The minimum absolute atomic E-state index is 0.0466. The zero-order valence-corrected chi connectivity index (χ0v) is 46.3. The quantitative estimate of drug-likeness (QED) is 0.0195. The second-order valence-corrected chi connectivity index (χ2v) is 21.0. The Morgan fingerprint density at radius 2 is 0.829 bits per heavy atom. The molecule has 0 saturated heterocycles. The molecule has 0 spiro atoms. The molecule has 0 bridgehead atoms. The van der Waals surface area contributed by atoms with Crippen LogP contribution in [0.4, 0.5) is 0 Å². The number of nitrogens with zero attached hydrogens (tertiary/aromatic N) is 1. The second-order valence-electron chi connectivity index (χ2n) is 19.6. The molecule has 0 saturated carbocycles. The summed E-state index contributed by atoms with van der Waals surface area (Å²) >= 11 is 0. The van der Waals surface area contributed by atoms with Crippen LogP contribution in [0.25, 0.3) is 0 Å². The maximum atomic E-state index is 12.8. The van der Waals surface area contributed by atoms with Gasteiger partial charge in [0.15, 0.2) is 6.10 Å². The topological polar surface area (TPSA) is 111 Å². The first-order valence-corrected chi connectivity index (χ1v) is 29.4. The van der Waals surface area contributed by atoms with Crippen molar-refractivity contribution in [2.75, 3.05) is 47.5 Å². The van der Waals surface area contributed by atoms with Gasteiger partial charge in [-0.1, -0.05) is 214 Å². The van der Waals surface area contributed by atoms with E-state index in [0.717, 1.165) is 64.2 Å². The SMILES string of the molecule is CC/C=C\C/C=C\C/C=C\C/C=C\C/C=C\C/C=C\C/C=C\CCCC(=O)OC(COC(=O)CCCCCCCCCCCCC/C=C\CCCCCCCCCC)COP(=O)([O-])OCC[N+](C)(C)C. The molecular weight excluding hydrogens is 894 g/mol. The largest absolute Gasteiger partial charge is 0.756 e. The number of hydrogen-bond donors (Lipinski definition) is 0. The van der Waals surface area contributed by atoms with Crippen LogP contribution in [-0.2, 0) is 32.7 Å². The first kappa shape index (κ1) is 66.9. The molecule has 0 aliphatic heterocycles. The number of hydrogen-bond acceptors (Lipinski definition) is 8. The molecule has 2 unspecified atom stereocenters. The van der Waals surface area contributed by atoms with Crippen LogP contribution >= 0.6 is 7.82 Å². The van der Waals surface area contributed by atoms with E-state index >= 15 is 0 Å². The lowest BCUT2D eigenvalue weighted by Crippen LogP contribution is -2.37. The van der Waals surface area contributed by atoms with Crippen molar-refractivity contribution in [2.24, 2.45) is 0 Å². The van der Waals surface area contributed by atoms with E-state index in [0.29, 0.717) is 23.9 Å². The lowest BCUT2D eigenvalue weighted by molar-refractivity contribution is -0.870. The van der Waals surface area contributed by atoms with Crippen molar-refractivity contribution in [3.05, 3.63) is 97.2 Å². The highest BCUT2D eigenvalue weighted by molar-refractivity contribution is 7.45. The Hall–Kier alpha value is -3.07. The van der Waals surface area contributed by atoms with Crippen LogP contribution in [0.1, 0.15) is 219 Å². The monoisotopic (exact) mass is 998 g/mol. The molecule has 0 aromatic carbocycles. The molecule has 2 atom stereocenters. The summed E-state index contributed by atoms with van der Waals surface area (Å²) in [6.07, 6.45) is 68.9. The number of carbonyl (C=O) groups is 2. The Balaban J connectivity index is 4.31. The van der Waals surface area contributed by atoms with Crippen molar-refractivity contribution in [1.82, 2.24) is 0 Å². The van der Waals surface area contributed by atoms with Crippen molar-refractivity contribution in [2.45, 2.75) is 225 Å². The van der Waals surface area contributed by atoms with Crippen LogP contribution in [0.5, 0.6) is 0 Å². The molecule has 0 aromatic heterocycles. The maximum Gasteiger partial charge on any atom is 0.306 e. The summed E-state index contributed by atoms with van der Waals surface area (Å²) in [7, 11) is 1.12. The average molecular weight is 998 g/mol. The van der Waals surface area contributed by atoms with E-state index in [1.54, 1.807) is 0 Å². The molecule has 0 aliphatic carbocycles. The average Bonchev–Trinajstić information content (AvgIpc) is 3.32. The molecule has 0 N–H and O–H groups in total. The van der Waals surface area contributed by atoms with Gasteiger partial charge in [0.1, 0.15) is 19.8 Å². The van der Waals surface area contributed by atoms with Crippen molar-refractivity contribution >= 4 is 19.8 Å². The van der Waals surface area contributed by atoms with Gasteiger partial charge in [-0.2, -0.15) is 0 Å². The highest BCUT2D eigenvalue weighted by Crippen LogP contribution is 2.38. The normalized spacial score (nSPS) is 14.1. The highest BCUT2D eigenvalue weighted by Gasteiger charge is 2.21. The smallest absolute Gasteiger partial charge is 0.306 e. The molecule has 0 aromatic rings. The third-order valence-electron chi connectivity index (χ3n) is 11.6. The first-order chi connectivity index (χ1) is 34.0. The van der Waals surface area contributed by atoms with E-state index in [4.69, 9.17) is 18.5 Å². The molecule has 0 rings (SSSR count). The first-order valence-electron chi connectivity index (χ1n) is 27.9. The van der Waals surface area contributed by atoms with E-state index in [2.05, 4.69) is 105 Å². The molecule has 0 amide bonds. The van der Waals surface area contributed by atoms with E-state index in [9.17, 15) is 19.0 Å². The molecule has 0 heterocycles. The Labute approximate surface area is 430 Å². The van der Waals surface area contributed by atoms with Crippen molar-refractivity contribution in [3.8, 4) is 0 Å². The third-order valence-corrected chi connectivity index (χ3v) is 12.6. The van der Waals surface area contributed by atoms with Crippen molar-refractivity contribution in [1.29, 1.82) is 0 Å². The van der Waals surface area contributed by atoms with Crippen LogP contribution < -0.4 is 4.89 Å². The number of quaternary nitrogens is 1. The molecule has 0 aliphatic rings. The molecule has 9 nitrogen and oxygen atoms in total. The second kappa shape index (κ2) is 50.9. The number of unbranched alkanes of at least 4 members (excludes halogenated alkanes) is 20. The minimum atomic E-state index is -4.66. The predicted octanol–water partition coefficient (Wildman–Crippen LogP) is 16.6. The van der Waals surface area contributed by atoms with Crippen LogP contribution in [0, 0.1) is 0 Å². The van der Waals surface area contributed by atoms with Gasteiger partial charge in [-0.15, -0.1) is 0 Å². The summed E-state index contributed by atoms with van der Waals surface area (Å²) in [4.78, 5) is 37.8. The summed E-state index contributed by atoms with van der Waals surface area (Å²) in [5.74, 6) is -0.907. The maximum absolute atomic E-state index is 12.8. The molecule has 70 heavy (non-hydrogen) atoms. The van der Waals surface area contributed by atoms with E-state index in [1.807, 2.05) is 27.2 Å². The Kier molecular flexibility index (Phi) is 48.6. The van der Waals surface area contributed by atoms with E-state index in [1.165, 1.54) is 116 Å². The van der Waals surface area contributed by atoms with Crippen LogP contribution in [0.2, 0.25) is 0 Å². The fourth-order valence-corrected chi connectivity index (χ4v) is 8.02. The Morgan fingerprint density at radius 1 is 0.457 bits per heavy atom. The summed E-state index contributed by atoms with van der Waals surface area (Å²) in [6, 6.07) is 0. The third kappa shape index (κ3) is 54.3. The van der Waals surface area contributed by atoms with E-state index < -0.39 is 32.5 Å². The Morgan fingerprint density at radius 3 is 1.27 bits per heavy atom. The summed E-state index contributed by atoms with van der Waals surface area (Å²) in [5, 5.41) is 0. The van der Waals surface area contributed by atoms with Crippen LogP contribution in [-0.4, -0.2) is 70.0 Å². The number of likely N-dealkylation sites (N-methyl/N-ethyl adjacent to an activating group) is 1. The van der Waals surface area contributed by atoms with Gasteiger partial charge in [0.05, 0.1) is 27.7 Å². The zero-order chi connectivity index (χ0) is 51.3. The summed E-state index contributed by atoms with van der Waals surface area (Å²) in [5.41, 5.74) is 0. The molecule has 0 radical (unpaired) electrons. The number of ether oxygens (including phenoxy) is 2. The fourth-order valence-electron chi connectivity index (χ4n) is 7.29. The van der Waals surface area contributed by atoms with E-state index in [-0.39, 0.29) is 26.1 Å². The van der Waals surface area contributed by atoms with Gasteiger partial charge in [-0.05, 0) is 89.9 Å². The lowest BCUT2D eigenvalue weighted by Gasteiger charge is -2.28. The summed E-state index contributed by atoms with van der Waals surface area (Å²) in [6.45, 7) is 4.06. The zero-order valence-electron chi connectivity index (χ0n) is 45.4.